The van der Waals surface area contributed by atoms with Crippen LogP contribution >= 0.6 is 11.3 Å². The molecule has 6 heteroatoms. The van der Waals surface area contributed by atoms with E-state index in [-0.39, 0.29) is 10.6 Å². The summed E-state index contributed by atoms with van der Waals surface area (Å²) in [5, 5.41) is 0. The minimum Gasteiger partial charge on any atom is -0.456 e. The lowest BCUT2D eigenvalue weighted by molar-refractivity contribution is 0.00744. The molecule has 0 unspecified atom stereocenters. The van der Waals surface area contributed by atoms with E-state index in [2.05, 4.69) is 0 Å². The van der Waals surface area contributed by atoms with Crippen LogP contribution in [0.15, 0.2) is 59.5 Å². The monoisotopic (exact) mass is 442 g/mol. The fraction of sp³-hybridized carbons (Fsp3) is 0.292. The second-order valence-electron chi connectivity index (χ2n) is 8.36. The highest BCUT2D eigenvalue weighted by Crippen LogP contribution is 2.35. The molecule has 0 aliphatic carbocycles. The summed E-state index contributed by atoms with van der Waals surface area (Å²) in [6.45, 7) is 9.16. The van der Waals surface area contributed by atoms with Crippen LogP contribution in [0.2, 0.25) is 0 Å². The summed E-state index contributed by atoms with van der Waals surface area (Å²) in [6, 6.07) is 16.6. The molecular weight excluding hydrogens is 416 g/mol. The Bertz CT molecular complexity index is 1160. The van der Waals surface area contributed by atoms with Crippen molar-refractivity contribution < 1.29 is 17.9 Å². The average Bonchev–Trinajstić information content (AvgIpc) is 3.04. The fourth-order valence-electron chi connectivity index (χ4n) is 3.08. The highest BCUT2D eigenvalue weighted by atomic mass is 32.2. The molecule has 2 aromatic carbocycles. The molecule has 0 saturated heterocycles. The summed E-state index contributed by atoms with van der Waals surface area (Å²) in [5.41, 5.74) is 2.55. The van der Waals surface area contributed by atoms with E-state index in [1.807, 2.05) is 31.2 Å². The Morgan fingerprint density at radius 1 is 1.00 bits per heavy atom. The molecule has 3 rings (SSSR count). The molecule has 0 bridgehead atoms. The predicted molar refractivity (Wildman–Crippen MR) is 122 cm³/mol. The van der Waals surface area contributed by atoms with Crippen molar-refractivity contribution in [3.05, 3.63) is 76.2 Å². The maximum atomic E-state index is 13.1. The van der Waals surface area contributed by atoms with Gasteiger partial charge in [-0.25, -0.2) is 13.2 Å². The quantitative estimate of drug-likeness (QED) is 0.457. The third-order valence-electron chi connectivity index (χ3n) is 4.50. The lowest BCUT2D eigenvalue weighted by Gasteiger charge is -2.19. The van der Waals surface area contributed by atoms with Crippen LogP contribution in [-0.2, 0) is 20.3 Å². The normalized spacial score (nSPS) is 12.0. The Kier molecular flexibility index (Phi) is 6.20. The van der Waals surface area contributed by atoms with Gasteiger partial charge in [0.15, 0.2) is 9.84 Å². The van der Waals surface area contributed by atoms with Gasteiger partial charge in [-0.3, -0.25) is 0 Å². The number of ether oxygens (including phenoxy) is 1. The summed E-state index contributed by atoms with van der Waals surface area (Å²) in [4.78, 5) is 14.3. The molecule has 0 aliphatic rings. The third-order valence-corrected chi connectivity index (χ3v) is 7.53. The maximum Gasteiger partial charge on any atom is 0.349 e. The van der Waals surface area contributed by atoms with E-state index in [1.54, 1.807) is 58.0 Å². The number of esters is 1. The van der Waals surface area contributed by atoms with Crippen LogP contribution in [0, 0.1) is 13.8 Å². The number of rotatable bonds is 5. The van der Waals surface area contributed by atoms with Crippen LogP contribution in [0.1, 0.15) is 47.1 Å². The molecule has 30 heavy (non-hydrogen) atoms. The molecule has 0 spiro atoms. The molecule has 0 saturated carbocycles. The predicted octanol–water partition coefficient (Wildman–Crippen LogP) is 5.96. The summed E-state index contributed by atoms with van der Waals surface area (Å²) < 4.78 is 31.8. The molecule has 0 radical (unpaired) electrons. The number of carbonyl (C=O) groups excluding carboxylic acids is 1. The van der Waals surface area contributed by atoms with E-state index in [9.17, 15) is 13.2 Å². The zero-order chi connectivity index (χ0) is 22.1. The molecule has 0 N–H and O–H groups in total. The number of thiophene rings is 1. The number of benzene rings is 2. The SMILES string of the molecule is Cc1ccc(-c2cc(CS(=O)(=O)c3ccccc3C)c(C(=O)OC(C)(C)C)s2)cc1. The summed E-state index contributed by atoms with van der Waals surface area (Å²) in [7, 11) is -3.62. The topological polar surface area (TPSA) is 60.4 Å². The van der Waals surface area contributed by atoms with Crippen LogP contribution in [0.25, 0.3) is 10.4 Å². The molecule has 1 heterocycles. The van der Waals surface area contributed by atoms with E-state index in [1.165, 1.54) is 11.3 Å². The first-order valence-corrected chi connectivity index (χ1v) is 12.1. The van der Waals surface area contributed by atoms with Crippen LogP contribution in [0.4, 0.5) is 0 Å². The highest BCUT2D eigenvalue weighted by Gasteiger charge is 2.27. The van der Waals surface area contributed by atoms with Crippen molar-refractivity contribution >= 4 is 27.1 Å². The molecule has 1 aromatic heterocycles. The summed E-state index contributed by atoms with van der Waals surface area (Å²) >= 11 is 1.27. The second kappa shape index (κ2) is 8.36. The third kappa shape index (κ3) is 5.18. The Morgan fingerprint density at radius 2 is 1.63 bits per heavy atom. The zero-order valence-electron chi connectivity index (χ0n) is 17.9. The van der Waals surface area contributed by atoms with Crippen molar-refractivity contribution in [3.63, 3.8) is 0 Å². The van der Waals surface area contributed by atoms with Gasteiger partial charge in [0.2, 0.25) is 0 Å². The molecule has 0 aliphatic heterocycles. The van der Waals surface area contributed by atoms with Crippen molar-refractivity contribution in [2.75, 3.05) is 0 Å². The number of aryl methyl sites for hydroxylation is 2. The van der Waals surface area contributed by atoms with Crippen LogP contribution in [0.5, 0.6) is 0 Å². The van der Waals surface area contributed by atoms with Crippen LogP contribution in [0.3, 0.4) is 0 Å². The molecule has 3 aromatic rings. The molecule has 0 amide bonds. The number of hydrogen-bond acceptors (Lipinski definition) is 5. The van der Waals surface area contributed by atoms with E-state index in [4.69, 9.17) is 4.74 Å². The molecule has 158 valence electrons. The highest BCUT2D eigenvalue weighted by molar-refractivity contribution is 7.90. The van der Waals surface area contributed by atoms with Crippen molar-refractivity contribution in [1.29, 1.82) is 0 Å². The van der Waals surface area contributed by atoms with Gasteiger partial charge >= 0.3 is 5.97 Å². The van der Waals surface area contributed by atoms with Gasteiger partial charge in [-0.05, 0) is 63.4 Å². The van der Waals surface area contributed by atoms with Gasteiger partial charge in [0.25, 0.3) is 0 Å². The second-order valence-corrected chi connectivity index (χ2v) is 11.4. The number of sulfone groups is 1. The van der Waals surface area contributed by atoms with Crippen LogP contribution in [-0.4, -0.2) is 20.0 Å². The van der Waals surface area contributed by atoms with E-state index in [0.717, 1.165) is 16.0 Å². The Balaban J connectivity index is 2.06. The zero-order valence-corrected chi connectivity index (χ0v) is 19.5. The molecule has 4 nitrogen and oxygen atoms in total. The van der Waals surface area contributed by atoms with Crippen molar-refractivity contribution in [2.45, 2.75) is 50.9 Å². The van der Waals surface area contributed by atoms with Gasteiger partial charge in [-0.2, -0.15) is 0 Å². The maximum absolute atomic E-state index is 13.1. The first kappa shape index (κ1) is 22.2. The summed E-state index contributed by atoms with van der Waals surface area (Å²) in [6.07, 6.45) is 0. The van der Waals surface area contributed by atoms with Gasteiger partial charge in [0, 0.05) is 4.88 Å². The van der Waals surface area contributed by atoms with Gasteiger partial charge in [-0.15, -0.1) is 11.3 Å². The van der Waals surface area contributed by atoms with Gasteiger partial charge in [0.05, 0.1) is 10.6 Å². The fourth-order valence-corrected chi connectivity index (χ4v) is 5.87. The standard InChI is InChI=1S/C24H26O4S2/c1-16-10-12-18(13-11-16)20-14-19(22(29-20)23(25)28-24(3,4)5)15-30(26,27)21-9-7-6-8-17(21)2/h6-14H,15H2,1-5H3. The largest absolute Gasteiger partial charge is 0.456 e. The average molecular weight is 443 g/mol. The first-order chi connectivity index (χ1) is 14.0. The minimum atomic E-state index is -3.62. The minimum absolute atomic E-state index is 0.255. The smallest absolute Gasteiger partial charge is 0.349 e. The first-order valence-electron chi connectivity index (χ1n) is 9.68. The van der Waals surface area contributed by atoms with Crippen LogP contribution < -0.4 is 0 Å². The van der Waals surface area contributed by atoms with E-state index in [0.29, 0.717) is 16.0 Å². The van der Waals surface area contributed by atoms with E-state index >= 15 is 0 Å². The lowest BCUT2D eigenvalue weighted by atomic mass is 10.1. The molecule has 0 atom stereocenters. The summed E-state index contributed by atoms with van der Waals surface area (Å²) in [5.74, 6) is -0.754. The molecule has 0 fully saturated rings. The van der Waals surface area contributed by atoms with Gasteiger partial charge < -0.3 is 4.74 Å². The number of hydrogen-bond donors (Lipinski definition) is 0. The Hall–Kier alpha value is -2.44. The van der Waals surface area contributed by atoms with Crippen molar-refractivity contribution in [3.8, 4) is 10.4 Å². The Morgan fingerprint density at radius 3 is 2.23 bits per heavy atom. The number of carbonyl (C=O) groups is 1. The van der Waals surface area contributed by atoms with Crippen molar-refractivity contribution in [2.24, 2.45) is 0 Å². The molecular formula is C24H26O4S2. The lowest BCUT2D eigenvalue weighted by Crippen LogP contribution is -2.24. The van der Waals surface area contributed by atoms with Gasteiger partial charge in [0.1, 0.15) is 10.5 Å². The Labute approximate surface area is 182 Å². The van der Waals surface area contributed by atoms with Crippen molar-refractivity contribution in [1.82, 2.24) is 0 Å². The van der Waals surface area contributed by atoms with E-state index < -0.39 is 21.4 Å². The van der Waals surface area contributed by atoms with Gasteiger partial charge in [-0.1, -0.05) is 48.0 Å².